The van der Waals surface area contributed by atoms with Crippen molar-refractivity contribution in [2.24, 2.45) is 0 Å². The lowest BCUT2D eigenvalue weighted by Crippen LogP contribution is -2.16. The van der Waals surface area contributed by atoms with E-state index in [1.54, 1.807) is 24.3 Å². The number of halogens is 7. The van der Waals surface area contributed by atoms with Crippen LogP contribution in [0.5, 0.6) is 0 Å². The fourth-order valence-corrected chi connectivity index (χ4v) is 3.29. The maximum atomic E-state index is 13.7. The third kappa shape index (κ3) is 4.85. The molecule has 12 heteroatoms. The molecule has 0 spiro atoms. The highest BCUT2D eigenvalue weighted by molar-refractivity contribution is 9.10. The third-order valence-electron chi connectivity index (χ3n) is 4.54. The minimum Gasteiger partial charge on any atom is -0.321 e. The number of hydrogen-bond donors (Lipinski definition) is 1. The van der Waals surface area contributed by atoms with E-state index in [4.69, 9.17) is 0 Å². The highest BCUT2D eigenvalue weighted by Crippen LogP contribution is 2.33. The zero-order valence-electron chi connectivity index (χ0n) is 16.2. The number of fused-ring (bicyclic) bond motifs is 1. The SMILES string of the molecule is O=C(Nc1cccc(C(F)(F)F)c1)c1cc2nc(-c3ccc(Br)cc3)cc(C(F)(F)F)n2n1. The molecule has 0 saturated heterocycles. The van der Waals surface area contributed by atoms with Crippen LogP contribution in [0.1, 0.15) is 21.7 Å². The number of anilines is 1. The molecule has 0 aliphatic carbocycles. The number of nitrogens with zero attached hydrogens (tertiary/aromatic N) is 3. The van der Waals surface area contributed by atoms with Gasteiger partial charge in [-0.3, -0.25) is 4.79 Å². The summed E-state index contributed by atoms with van der Waals surface area (Å²) in [5.74, 6) is -0.988. The van der Waals surface area contributed by atoms with Crippen molar-refractivity contribution in [2.45, 2.75) is 12.4 Å². The van der Waals surface area contributed by atoms with Gasteiger partial charge < -0.3 is 5.32 Å². The Morgan fingerprint density at radius 2 is 1.61 bits per heavy atom. The maximum Gasteiger partial charge on any atom is 0.433 e. The molecular formula is C21H11BrF6N4O. The molecule has 0 bridgehead atoms. The van der Waals surface area contributed by atoms with Gasteiger partial charge in [-0.25, -0.2) is 9.50 Å². The number of carbonyl (C=O) groups is 1. The van der Waals surface area contributed by atoms with Crippen molar-refractivity contribution in [3.05, 3.63) is 82.1 Å². The normalized spacial score (nSPS) is 12.2. The molecule has 4 rings (SSSR count). The molecule has 2 aromatic heterocycles. The number of rotatable bonds is 3. The minimum atomic E-state index is -4.81. The van der Waals surface area contributed by atoms with Gasteiger partial charge in [-0.05, 0) is 36.4 Å². The van der Waals surface area contributed by atoms with E-state index in [0.29, 0.717) is 16.1 Å². The van der Waals surface area contributed by atoms with Gasteiger partial charge in [0.15, 0.2) is 17.0 Å². The first-order valence-electron chi connectivity index (χ1n) is 9.14. The minimum absolute atomic E-state index is 0.00654. The van der Waals surface area contributed by atoms with E-state index in [0.717, 1.165) is 28.7 Å². The molecule has 0 radical (unpaired) electrons. The van der Waals surface area contributed by atoms with E-state index in [1.807, 2.05) is 0 Å². The Bertz CT molecular complexity index is 1350. The van der Waals surface area contributed by atoms with Gasteiger partial charge in [0.05, 0.1) is 11.3 Å². The summed E-state index contributed by atoms with van der Waals surface area (Å²) in [4.78, 5) is 16.7. The molecule has 0 saturated carbocycles. The Kier molecular flexibility index (Phi) is 5.64. The largest absolute Gasteiger partial charge is 0.433 e. The van der Waals surface area contributed by atoms with Gasteiger partial charge in [0.2, 0.25) is 0 Å². The van der Waals surface area contributed by atoms with Crippen LogP contribution in [0.2, 0.25) is 0 Å². The summed E-state index contributed by atoms with van der Waals surface area (Å²) in [7, 11) is 0. The summed E-state index contributed by atoms with van der Waals surface area (Å²) in [5, 5.41) is 5.90. The second kappa shape index (κ2) is 8.18. The van der Waals surface area contributed by atoms with Gasteiger partial charge in [0.1, 0.15) is 0 Å². The van der Waals surface area contributed by atoms with E-state index in [1.165, 1.54) is 6.07 Å². The van der Waals surface area contributed by atoms with E-state index >= 15 is 0 Å². The van der Waals surface area contributed by atoms with Crippen LogP contribution < -0.4 is 5.32 Å². The van der Waals surface area contributed by atoms with E-state index < -0.39 is 35.2 Å². The summed E-state index contributed by atoms with van der Waals surface area (Å²) < 4.78 is 80.9. The smallest absolute Gasteiger partial charge is 0.321 e. The van der Waals surface area contributed by atoms with E-state index in [2.05, 4.69) is 31.3 Å². The lowest BCUT2D eigenvalue weighted by molar-refractivity contribution is -0.142. The first kappa shape index (κ1) is 22.8. The molecule has 4 aromatic rings. The van der Waals surface area contributed by atoms with Crippen LogP contribution in [0, 0.1) is 0 Å². The second-order valence-corrected chi connectivity index (χ2v) is 7.78. The lowest BCUT2D eigenvalue weighted by Gasteiger charge is -2.11. The number of carbonyl (C=O) groups excluding carboxylic acids is 1. The molecule has 0 fully saturated rings. The number of amides is 1. The molecule has 170 valence electrons. The molecule has 0 unspecified atom stereocenters. The van der Waals surface area contributed by atoms with Crippen LogP contribution in [-0.2, 0) is 12.4 Å². The molecule has 0 aliphatic rings. The first-order chi connectivity index (χ1) is 15.4. The van der Waals surface area contributed by atoms with Gasteiger partial charge in [-0.15, -0.1) is 0 Å². The summed E-state index contributed by atoms with van der Waals surface area (Å²) in [6, 6.07) is 12.1. The van der Waals surface area contributed by atoms with Crippen LogP contribution in [0.4, 0.5) is 32.0 Å². The van der Waals surface area contributed by atoms with Crippen molar-refractivity contribution >= 4 is 33.2 Å². The highest BCUT2D eigenvalue weighted by atomic mass is 79.9. The summed E-state index contributed by atoms with van der Waals surface area (Å²) in [5.41, 5.74) is -2.63. The zero-order valence-corrected chi connectivity index (χ0v) is 17.8. The molecule has 1 N–H and O–H groups in total. The lowest BCUT2D eigenvalue weighted by atomic mass is 10.1. The number of nitrogens with one attached hydrogen (secondary N) is 1. The van der Waals surface area contributed by atoms with Crippen molar-refractivity contribution in [3.63, 3.8) is 0 Å². The van der Waals surface area contributed by atoms with Crippen molar-refractivity contribution in [3.8, 4) is 11.3 Å². The zero-order chi connectivity index (χ0) is 24.0. The fraction of sp³-hybridized carbons (Fsp3) is 0.0952. The highest BCUT2D eigenvalue weighted by Gasteiger charge is 2.36. The van der Waals surface area contributed by atoms with Gasteiger partial charge >= 0.3 is 12.4 Å². The number of alkyl halides is 6. The first-order valence-corrected chi connectivity index (χ1v) is 9.94. The molecule has 2 aromatic carbocycles. The molecule has 5 nitrogen and oxygen atoms in total. The third-order valence-corrected chi connectivity index (χ3v) is 5.07. The van der Waals surface area contributed by atoms with Crippen LogP contribution in [-0.4, -0.2) is 20.5 Å². The second-order valence-electron chi connectivity index (χ2n) is 6.86. The predicted octanol–water partition coefficient (Wildman–Crippen LogP) is 6.45. The quantitative estimate of drug-likeness (QED) is 0.311. The number of hydrogen-bond acceptors (Lipinski definition) is 3. The van der Waals surface area contributed by atoms with Crippen LogP contribution in [0.3, 0.4) is 0 Å². The summed E-state index contributed by atoms with van der Waals surface area (Å²) in [6.45, 7) is 0. The molecule has 1 amide bonds. The Balaban J connectivity index is 1.74. The Morgan fingerprint density at radius 3 is 2.24 bits per heavy atom. The molecular weight excluding hydrogens is 518 g/mol. The molecule has 33 heavy (non-hydrogen) atoms. The van der Waals surface area contributed by atoms with Crippen molar-refractivity contribution in [2.75, 3.05) is 5.32 Å². The Hall–Kier alpha value is -3.41. The van der Waals surface area contributed by atoms with Gasteiger partial charge in [-0.1, -0.05) is 34.1 Å². The van der Waals surface area contributed by atoms with Crippen molar-refractivity contribution in [1.82, 2.24) is 14.6 Å². The van der Waals surface area contributed by atoms with Crippen LogP contribution in [0.25, 0.3) is 16.9 Å². The maximum absolute atomic E-state index is 13.7. The monoisotopic (exact) mass is 528 g/mol. The molecule has 2 heterocycles. The standard InChI is InChI=1S/C21H11BrF6N4O/c22-13-6-4-11(5-7-13)15-9-17(21(26,27)28)32-18(30-15)10-16(31-32)19(33)29-14-3-1-2-12(8-14)20(23,24)25/h1-10H,(H,29,33). The van der Waals surface area contributed by atoms with Crippen molar-refractivity contribution in [1.29, 1.82) is 0 Å². The van der Waals surface area contributed by atoms with E-state index in [9.17, 15) is 31.1 Å². The van der Waals surface area contributed by atoms with Crippen LogP contribution >= 0.6 is 15.9 Å². The van der Waals surface area contributed by atoms with Crippen LogP contribution in [0.15, 0.2) is 65.1 Å². The van der Waals surface area contributed by atoms with Crippen molar-refractivity contribution < 1.29 is 31.1 Å². The Labute approximate surface area is 190 Å². The fourth-order valence-electron chi connectivity index (χ4n) is 3.02. The van der Waals surface area contributed by atoms with Gasteiger partial charge in [-0.2, -0.15) is 31.4 Å². The number of aromatic nitrogens is 3. The topological polar surface area (TPSA) is 59.3 Å². The van der Waals surface area contributed by atoms with Gasteiger partial charge in [0.25, 0.3) is 5.91 Å². The Morgan fingerprint density at radius 1 is 0.909 bits per heavy atom. The average molecular weight is 529 g/mol. The number of benzene rings is 2. The van der Waals surface area contributed by atoms with E-state index in [-0.39, 0.29) is 17.0 Å². The summed E-state index contributed by atoms with van der Waals surface area (Å²) >= 11 is 3.24. The molecule has 0 atom stereocenters. The summed E-state index contributed by atoms with van der Waals surface area (Å²) in [6.07, 6.45) is -9.44. The predicted molar refractivity (Wildman–Crippen MR) is 111 cm³/mol. The van der Waals surface area contributed by atoms with Gasteiger partial charge in [0, 0.05) is 21.8 Å². The molecule has 0 aliphatic heterocycles. The average Bonchev–Trinajstić information content (AvgIpc) is 3.17.